The van der Waals surface area contributed by atoms with Crippen LogP contribution in [0.25, 0.3) is 0 Å². The predicted molar refractivity (Wildman–Crippen MR) is 90.2 cm³/mol. The number of amides is 1. The Morgan fingerprint density at radius 1 is 1.50 bits per heavy atom. The summed E-state index contributed by atoms with van der Waals surface area (Å²) >= 11 is 3.44. The number of aromatic nitrogens is 3. The molecule has 0 spiro atoms. The van der Waals surface area contributed by atoms with Crippen molar-refractivity contribution in [3.8, 4) is 0 Å². The van der Waals surface area contributed by atoms with Crippen LogP contribution in [-0.4, -0.2) is 33.3 Å². The number of halogens is 2. The molecule has 1 aromatic heterocycles. The number of nitrogens with one attached hydrogen (secondary N) is 2. The average molecular weight is 387 g/mol. The molecule has 22 heavy (non-hydrogen) atoms. The van der Waals surface area contributed by atoms with E-state index in [1.165, 1.54) is 0 Å². The third kappa shape index (κ3) is 4.28. The molecular formula is C14H17BrClN5O. The Kier molecular flexibility index (Phi) is 5.93. The molecule has 1 fully saturated rings. The predicted octanol–water partition coefficient (Wildman–Crippen LogP) is 2.20. The van der Waals surface area contributed by atoms with Crippen molar-refractivity contribution >= 4 is 40.2 Å². The van der Waals surface area contributed by atoms with Gasteiger partial charge in [-0.15, -0.1) is 17.5 Å². The van der Waals surface area contributed by atoms with Gasteiger partial charge in [0.2, 0.25) is 11.9 Å². The molecule has 1 aliphatic rings. The Hall–Kier alpha value is -1.44. The molecule has 1 amide bonds. The number of benzene rings is 1. The second kappa shape index (κ2) is 7.71. The summed E-state index contributed by atoms with van der Waals surface area (Å²) in [7, 11) is 0. The van der Waals surface area contributed by atoms with E-state index in [-0.39, 0.29) is 24.4 Å². The van der Waals surface area contributed by atoms with Crippen molar-refractivity contribution in [3.63, 3.8) is 0 Å². The maximum atomic E-state index is 12.0. The summed E-state index contributed by atoms with van der Waals surface area (Å²) in [6.07, 6.45) is 3.52. The molecule has 1 atom stereocenters. The molecule has 118 valence electrons. The number of rotatable bonds is 4. The van der Waals surface area contributed by atoms with Gasteiger partial charge in [-0.1, -0.05) is 28.1 Å². The monoisotopic (exact) mass is 385 g/mol. The first-order chi connectivity index (χ1) is 10.2. The minimum atomic E-state index is -0.123. The van der Waals surface area contributed by atoms with Crippen LogP contribution in [0.2, 0.25) is 0 Å². The molecule has 0 aliphatic carbocycles. The fourth-order valence-corrected chi connectivity index (χ4v) is 2.80. The van der Waals surface area contributed by atoms with E-state index in [4.69, 9.17) is 0 Å². The molecule has 2 N–H and O–H groups in total. The minimum absolute atomic E-state index is 0. The zero-order valence-electron chi connectivity index (χ0n) is 11.8. The molecule has 0 bridgehead atoms. The highest BCUT2D eigenvalue weighted by Crippen LogP contribution is 2.13. The van der Waals surface area contributed by atoms with E-state index in [2.05, 4.69) is 36.6 Å². The van der Waals surface area contributed by atoms with Gasteiger partial charge in [0, 0.05) is 4.47 Å². The Labute approximate surface area is 143 Å². The second-order valence-corrected chi connectivity index (χ2v) is 5.95. The molecule has 1 saturated heterocycles. The van der Waals surface area contributed by atoms with E-state index >= 15 is 0 Å². The summed E-state index contributed by atoms with van der Waals surface area (Å²) in [6.45, 7) is 1.51. The van der Waals surface area contributed by atoms with Gasteiger partial charge in [-0.25, -0.2) is 9.67 Å². The normalized spacial score (nSPS) is 17.0. The van der Waals surface area contributed by atoms with Crippen LogP contribution >= 0.6 is 28.3 Å². The number of anilines is 1. The van der Waals surface area contributed by atoms with E-state index < -0.39 is 0 Å². The third-order valence-electron chi connectivity index (χ3n) is 3.38. The average Bonchev–Trinajstić information content (AvgIpc) is 3.10. The number of carbonyl (C=O) groups excluding carboxylic acids is 1. The fourth-order valence-electron chi connectivity index (χ4n) is 2.36. The molecule has 2 aromatic rings. The van der Waals surface area contributed by atoms with E-state index in [0.29, 0.717) is 12.5 Å². The van der Waals surface area contributed by atoms with Gasteiger partial charge in [-0.3, -0.25) is 10.1 Å². The highest BCUT2D eigenvalue weighted by atomic mass is 79.9. The van der Waals surface area contributed by atoms with Gasteiger partial charge in [0.05, 0.1) is 12.6 Å². The summed E-state index contributed by atoms with van der Waals surface area (Å²) in [6, 6.07) is 7.88. The van der Waals surface area contributed by atoms with Crippen molar-refractivity contribution in [3.05, 3.63) is 40.6 Å². The number of hydrogen-bond acceptors (Lipinski definition) is 4. The first-order valence-electron chi connectivity index (χ1n) is 6.89. The Balaban J connectivity index is 0.00000176. The van der Waals surface area contributed by atoms with Gasteiger partial charge in [0.1, 0.15) is 6.33 Å². The zero-order valence-corrected chi connectivity index (χ0v) is 14.2. The van der Waals surface area contributed by atoms with Gasteiger partial charge in [0.25, 0.3) is 0 Å². The van der Waals surface area contributed by atoms with Crippen LogP contribution in [-0.2, 0) is 11.3 Å². The maximum absolute atomic E-state index is 12.0. The second-order valence-electron chi connectivity index (χ2n) is 5.03. The van der Waals surface area contributed by atoms with E-state index in [9.17, 15) is 4.79 Å². The zero-order chi connectivity index (χ0) is 14.7. The molecule has 1 aromatic carbocycles. The lowest BCUT2D eigenvalue weighted by atomic mass is 10.2. The SMILES string of the molecule is Cl.O=C(Nc1ncn(Cc2cccc(Br)c2)n1)C1CCCN1. The molecule has 0 radical (unpaired) electrons. The van der Waals surface area contributed by atoms with Crippen molar-refractivity contribution < 1.29 is 4.79 Å². The topological polar surface area (TPSA) is 71.8 Å². The lowest BCUT2D eigenvalue weighted by Gasteiger charge is -2.08. The maximum Gasteiger partial charge on any atom is 0.248 e. The Morgan fingerprint density at radius 2 is 2.36 bits per heavy atom. The Morgan fingerprint density at radius 3 is 3.09 bits per heavy atom. The summed E-state index contributed by atoms with van der Waals surface area (Å²) in [5, 5.41) is 10.2. The molecule has 8 heteroatoms. The highest BCUT2D eigenvalue weighted by Gasteiger charge is 2.22. The summed E-state index contributed by atoms with van der Waals surface area (Å²) in [5.41, 5.74) is 1.12. The molecule has 1 unspecified atom stereocenters. The number of hydrogen-bond donors (Lipinski definition) is 2. The molecule has 3 rings (SSSR count). The van der Waals surface area contributed by atoms with Crippen LogP contribution in [0.3, 0.4) is 0 Å². The van der Waals surface area contributed by atoms with Crippen LogP contribution < -0.4 is 10.6 Å². The van der Waals surface area contributed by atoms with Crippen molar-refractivity contribution in [2.75, 3.05) is 11.9 Å². The van der Waals surface area contributed by atoms with E-state index in [1.807, 2.05) is 24.3 Å². The summed E-state index contributed by atoms with van der Waals surface area (Å²) in [5.74, 6) is 0.288. The molecular weight excluding hydrogens is 370 g/mol. The van der Waals surface area contributed by atoms with Gasteiger partial charge in [-0.05, 0) is 37.1 Å². The van der Waals surface area contributed by atoms with E-state index in [1.54, 1.807) is 11.0 Å². The number of carbonyl (C=O) groups is 1. The van der Waals surface area contributed by atoms with Crippen molar-refractivity contribution in [2.24, 2.45) is 0 Å². The molecule has 1 aliphatic heterocycles. The lowest BCUT2D eigenvalue weighted by Crippen LogP contribution is -2.35. The molecule has 2 heterocycles. The molecule has 0 saturated carbocycles. The number of nitrogens with zero attached hydrogens (tertiary/aromatic N) is 3. The Bertz CT molecular complexity index is 642. The van der Waals surface area contributed by atoms with Gasteiger partial charge in [-0.2, -0.15) is 0 Å². The smallest absolute Gasteiger partial charge is 0.248 e. The van der Waals surface area contributed by atoms with Crippen molar-refractivity contribution in [1.82, 2.24) is 20.1 Å². The first-order valence-corrected chi connectivity index (χ1v) is 7.68. The largest absolute Gasteiger partial charge is 0.306 e. The van der Waals surface area contributed by atoms with Gasteiger partial charge < -0.3 is 5.32 Å². The van der Waals surface area contributed by atoms with Crippen molar-refractivity contribution in [2.45, 2.75) is 25.4 Å². The van der Waals surface area contributed by atoms with Crippen LogP contribution in [0.15, 0.2) is 35.1 Å². The quantitative estimate of drug-likeness (QED) is 0.845. The van der Waals surface area contributed by atoms with Crippen LogP contribution in [0, 0.1) is 0 Å². The standard InChI is InChI=1S/C14H16BrN5O.ClH/c15-11-4-1-3-10(7-11)8-20-9-17-14(19-20)18-13(21)12-5-2-6-16-12;/h1,3-4,7,9,12,16H,2,5-6,8H2,(H,18,19,21);1H. The van der Waals surface area contributed by atoms with Crippen molar-refractivity contribution in [1.29, 1.82) is 0 Å². The first kappa shape index (κ1) is 16.9. The van der Waals surface area contributed by atoms with Gasteiger partial charge in [0.15, 0.2) is 0 Å². The highest BCUT2D eigenvalue weighted by molar-refractivity contribution is 9.10. The third-order valence-corrected chi connectivity index (χ3v) is 3.88. The van der Waals surface area contributed by atoms with Crippen LogP contribution in [0.4, 0.5) is 5.95 Å². The lowest BCUT2D eigenvalue weighted by molar-refractivity contribution is -0.117. The summed E-state index contributed by atoms with van der Waals surface area (Å²) in [4.78, 5) is 16.1. The van der Waals surface area contributed by atoms with Gasteiger partial charge >= 0.3 is 0 Å². The van der Waals surface area contributed by atoms with Crippen LogP contribution in [0.5, 0.6) is 0 Å². The fraction of sp³-hybridized carbons (Fsp3) is 0.357. The summed E-state index contributed by atoms with van der Waals surface area (Å²) < 4.78 is 2.74. The van der Waals surface area contributed by atoms with Crippen LogP contribution in [0.1, 0.15) is 18.4 Å². The minimum Gasteiger partial charge on any atom is -0.306 e. The van der Waals surface area contributed by atoms with E-state index in [0.717, 1.165) is 29.4 Å². The molecule has 6 nitrogen and oxygen atoms in total.